The molecule has 0 heterocycles. The largest absolute Gasteiger partial charge is 0.497 e. The molecule has 0 aliphatic carbocycles. The molecule has 0 fully saturated rings. The molecule has 0 spiro atoms. The van der Waals surface area contributed by atoms with Crippen molar-refractivity contribution in [3.8, 4) is 0 Å². The van der Waals surface area contributed by atoms with Crippen molar-refractivity contribution < 1.29 is 4.74 Å². The summed E-state index contributed by atoms with van der Waals surface area (Å²) in [5.74, 6) is 0.686. The van der Waals surface area contributed by atoms with E-state index in [1.807, 2.05) is 12.1 Å². The number of hydrogen-bond donors (Lipinski definition) is 0. The quantitative estimate of drug-likeness (QED) is 0.201. The maximum Gasteiger partial charge on any atom is 0.119 e. The Morgan fingerprint density at radius 2 is 1.39 bits per heavy atom. The lowest BCUT2D eigenvalue weighted by atomic mass is 9.98. The van der Waals surface area contributed by atoms with E-state index < -0.39 is 7.92 Å². The molecule has 0 amide bonds. The summed E-state index contributed by atoms with van der Waals surface area (Å²) in [7, 11) is 0.960. The maximum absolute atomic E-state index is 5.56. The Balaban J connectivity index is 2.28. The summed E-state index contributed by atoms with van der Waals surface area (Å²) >= 11 is 0. The molecule has 156 valence electrons. The standard InChI is InChI=1S/C29H29OP/c1-5-6-9-16-23(2)29(28-22-15-14-21-27(28)24(3)30-4)31(25-17-10-7-11-18-25)26-19-12-8-13-20-26/h5-22,29H,1,3H2,2,4H3/b9-6-,23-16+. The molecule has 3 aromatic rings. The topological polar surface area (TPSA) is 9.23 Å². The molecular weight excluding hydrogens is 395 g/mol. The van der Waals surface area contributed by atoms with Gasteiger partial charge >= 0.3 is 0 Å². The molecule has 0 saturated carbocycles. The van der Waals surface area contributed by atoms with Gasteiger partial charge in [0.2, 0.25) is 0 Å². The third-order valence-corrected chi connectivity index (χ3v) is 8.08. The van der Waals surface area contributed by atoms with E-state index in [4.69, 9.17) is 4.74 Å². The van der Waals surface area contributed by atoms with Gasteiger partial charge in [-0.15, -0.1) is 0 Å². The van der Waals surface area contributed by atoms with Crippen LogP contribution in [0, 0.1) is 0 Å². The van der Waals surface area contributed by atoms with Gasteiger partial charge < -0.3 is 4.74 Å². The minimum absolute atomic E-state index is 0.164. The number of benzene rings is 3. The third-order valence-electron chi connectivity index (χ3n) is 5.17. The number of methoxy groups -OCH3 is 1. The molecule has 0 aliphatic heterocycles. The Bertz CT molecular complexity index is 1020. The number of hydrogen-bond acceptors (Lipinski definition) is 1. The van der Waals surface area contributed by atoms with Crippen molar-refractivity contribution in [3.63, 3.8) is 0 Å². The second-order valence-electron chi connectivity index (χ2n) is 7.19. The van der Waals surface area contributed by atoms with E-state index >= 15 is 0 Å². The van der Waals surface area contributed by atoms with E-state index in [-0.39, 0.29) is 5.66 Å². The predicted octanol–water partition coefficient (Wildman–Crippen LogP) is 7.17. The Kier molecular flexibility index (Phi) is 8.21. The average molecular weight is 425 g/mol. The van der Waals surface area contributed by atoms with E-state index in [0.717, 1.165) is 5.56 Å². The van der Waals surface area contributed by atoms with E-state index in [0.29, 0.717) is 5.76 Å². The van der Waals surface area contributed by atoms with Crippen molar-refractivity contribution in [2.45, 2.75) is 12.6 Å². The summed E-state index contributed by atoms with van der Waals surface area (Å²) in [5, 5.41) is 2.68. The number of allylic oxidation sites excluding steroid dienone is 5. The first kappa shape index (κ1) is 22.5. The molecule has 1 nitrogen and oxygen atoms in total. The summed E-state index contributed by atoms with van der Waals surface area (Å²) in [6.07, 6.45) is 8.02. The molecular formula is C29H29OP. The second kappa shape index (κ2) is 11.3. The van der Waals surface area contributed by atoms with Crippen LogP contribution in [-0.2, 0) is 4.74 Å². The second-order valence-corrected chi connectivity index (χ2v) is 9.48. The highest BCUT2D eigenvalue weighted by Gasteiger charge is 2.29. The van der Waals surface area contributed by atoms with Gasteiger partial charge in [-0.1, -0.05) is 128 Å². The van der Waals surface area contributed by atoms with Gasteiger partial charge in [-0.2, -0.15) is 0 Å². The van der Waals surface area contributed by atoms with Crippen LogP contribution in [0.2, 0.25) is 0 Å². The first-order valence-electron chi connectivity index (χ1n) is 10.3. The van der Waals surface area contributed by atoms with Gasteiger partial charge in [-0.3, -0.25) is 0 Å². The molecule has 3 aromatic carbocycles. The smallest absolute Gasteiger partial charge is 0.119 e. The lowest BCUT2D eigenvalue weighted by molar-refractivity contribution is 0.371. The van der Waals surface area contributed by atoms with Crippen molar-refractivity contribution in [3.05, 3.63) is 139 Å². The highest BCUT2D eigenvalue weighted by molar-refractivity contribution is 7.73. The molecule has 2 heteroatoms. The summed E-state index contributed by atoms with van der Waals surface area (Å²) in [6.45, 7) is 10.2. The lowest BCUT2D eigenvalue weighted by Crippen LogP contribution is -2.19. The highest BCUT2D eigenvalue weighted by Crippen LogP contribution is 2.54. The van der Waals surface area contributed by atoms with Gasteiger partial charge in [0, 0.05) is 11.2 Å². The zero-order valence-electron chi connectivity index (χ0n) is 18.2. The summed E-state index contributed by atoms with van der Waals surface area (Å²) < 4.78 is 5.56. The third kappa shape index (κ3) is 5.51. The molecule has 31 heavy (non-hydrogen) atoms. The van der Waals surface area contributed by atoms with Gasteiger partial charge in [0.25, 0.3) is 0 Å². The van der Waals surface area contributed by atoms with E-state index in [1.54, 1.807) is 13.2 Å². The molecule has 3 rings (SSSR count). The molecule has 0 aromatic heterocycles. The van der Waals surface area contributed by atoms with Crippen LogP contribution in [-0.4, -0.2) is 7.11 Å². The van der Waals surface area contributed by atoms with Crippen LogP contribution in [0.5, 0.6) is 0 Å². The van der Waals surface area contributed by atoms with Crippen LogP contribution in [0.1, 0.15) is 23.7 Å². The van der Waals surface area contributed by atoms with Crippen LogP contribution in [0.25, 0.3) is 5.76 Å². The van der Waals surface area contributed by atoms with Gasteiger partial charge in [-0.25, -0.2) is 0 Å². The van der Waals surface area contributed by atoms with Gasteiger partial charge in [0.15, 0.2) is 0 Å². The first-order chi connectivity index (χ1) is 15.2. The Hall–Kier alpha value is -3.15. The minimum atomic E-state index is -0.721. The molecule has 0 N–H and O–H groups in total. The number of ether oxygens (including phenoxy) is 1. The molecule has 1 unspecified atom stereocenters. The molecule has 0 radical (unpaired) electrons. The van der Waals surface area contributed by atoms with Gasteiger partial charge in [0.1, 0.15) is 5.76 Å². The van der Waals surface area contributed by atoms with E-state index in [2.05, 4.69) is 111 Å². The van der Waals surface area contributed by atoms with Crippen molar-refractivity contribution in [1.29, 1.82) is 0 Å². The fourth-order valence-electron chi connectivity index (χ4n) is 3.69. The van der Waals surface area contributed by atoms with Crippen LogP contribution < -0.4 is 10.6 Å². The molecule has 0 aliphatic rings. The monoisotopic (exact) mass is 424 g/mol. The fraction of sp³-hybridized carbons (Fsp3) is 0.103. The average Bonchev–Trinajstić information content (AvgIpc) is 2.83. The maximum atomic E-state index is 5.56. The minimum Gasteiger partial charge on any atom is -0.497 e. The predicted molar refractivity (Wildman–Crippen MR) is 137 cm³/mol. The summed E-state index contributed by atoms with van der Waals surface area (Å²) in [5.41, 5.74) is 3.73. The van der Waals surface area contributed by atoms with E-state index in [1.165, 1.54) is 21.7 Å². The van der Waals surface area contributed by atoms with Crippen LogP contribution in [0.4, 0.5) is 0 Å². The normalized spacial score (nSPS) is 12.7. The summed E-state index contributed by atoms with van der Waals surface area (Å²) in [6, 6.07) is 30.1. The first-order valence-corrected chi connectivity index (χ1v) is 11.8. The Morgan fingerprint density at radius 1 is 0.839 bits per heavy atom. The van der Waals surface area contributed by atoms with Crippen LogP contribution >= 0.6 is 7.92 Å². The SMILES string of the molecule is C=C/C=C\C=C(/C)C(c1ccccc1C(=C)OC)P(c1ccccc1)c1ccccc1. The zero-order chi connectivity index (χ0) is 22.1. The van der Waals surface area contributed by atoms with Crippen molar-refractivity contribution in [2.24, 2.45) is 0 Å². The van der Waals surface area contributed by atoms with Crippen molar-refractivity contribution >= 4 is 24.3 Å². The molecule has 1 atom stereocenters. The molecule has 0 saturated heterocycles. The van der Waals surface area contributed by atoms with Crippen molar-refractivity contribution in [1.82, 2.24) is 0 Å². The number of rotatable bonds is 9. The highest BCUT2D eigenvalue weighted by atomic mass is 31.1. The Morgan fingerprint density at radius 3 is 1.94 bits per heavy atom. The zero-order valence-corrected chi connectivity index (χ0v) is 19.1. The van der Waals surface area contributed by atoms with E-state index in [9.17, 15) is 0 Å². The summed E-state index contributed by atoms with van der Waals surface area (Å²) in [4.78, 5) is 0. The Labute approximate surface area is 187 Å². The lowest BCUT2D eigenvalue weighted by Gasteiger charge is -2.31. The van der Waals surface area contributed by atoms with Crippen molar-refractivity contribution in [2.75, 3.05) is 7.11 Å². The molecule has 0 bridgehead atoms. The van der Waals surface area contributed by atoms with Crippen LogP contribution in [0.3, 0.4) is 0 Å². The van der Waals surface area contributed by atoms with Crippen LogP contribution in [0.15, 0.2) is 128 Å². The van der Waals surface area contributed by atoms with Gasteiger partial charge in [-0.05, 0) is 31.0 Å². The fourth-order valence-corrected chi connectivity index (χ4v) is 6.57. The van der Waals surface area contributed by atoms with Gasteiger partial charge in [0.05, 0.1) is 7.11 Å².